The third-order valence-electron chi connectivity index (χ3n) is 4.59. The zero-order valence-electron chi connectivity index (χ0n) is 15.7. The highest BCUT2D eigenvalue weighted by molar-refractivity contribution is 6.31. The van der Waals surface area contributed by atoms with Crippen LogP contribution in [-0.4, -0.2) is 0 Å². The van der Waals surface area contributed by atoms with Crippen LogP contribution in [0, 0.1) is 5.82 Å². The number of fused-ring (bicyclic) bond motifs is 1. The van der Waals surface area contributed by atoms with Gasteiger partial charge >= 0.3 is 6.18 Å². The minimum atomic E-state index is -4.88. The van der Waals surface area contributed by atoms with Crippen LogP contribution in [0.2, 0.25) is 5.02 Å². The lowest BCUT2D eigenvalue weighted by Gasteiger charge is -2.13. The molecule has 0 aliphatic rings. The first kappa shape index (κ1) is 20.9. The molecule has 0 aliphatic heterocycles. The van der Waals surface area contributed by atoms with Gasteiger partial charge < -0.3 is 9.15 Å². The second-order valence-electron chi connectivity index (χ2n) is 6.68. The monoisotopic (exact) mass is 448 g/mol. The summed E-state index contributed by atoms with van der Waals surface area (Å²) in [5.74, 6) is -1.72. The molecule has 8 heteroatoms. The van der Waals surface area contributed by atoms with Crippen molar-refractivity contribution in [2.45, 2.75) is 12.8 Å². The fraction of sp³-hybridized carbons (Fsp3) is 0.0870. The van der Waals surface area contributed by atoms with Gasteiger partial charge in [0.15, 0.2) is 0 Å². The van der Waals surface area contributed by atoms with Gasteiger partial charge in [0.1, 0.15) is 23.8 Å². The summed E-state index contributed by atoms with van der Waals surface area (Å²) in [4.78, 5) is 12.9. The molecule has 4 aromatic rings. The molecular formula is C23H13ClF4O3. The van der Waals surface area contributed by atoms with Crippen LogP contribution in [0.3, 0.4) is 0 Å². The number of benzene rings is 3. The van der Waals surface area contributed by atoms with Gasteiger partial charge in [0, 0.05) is 11.6 Å². The van der Waals surface area contributed by atoms with Crippen LogP contribution in [0.5, 0.6) is 5.75 Å². The molecule has 0 bridgehead atoms. The lowest BCUT2D eigenvalue weighted by Crippen LogP contribution is -2.16. The summed E-state index contributed by atoms with van der Waals surface area (Å²) in [7, 11) is 0. The standard InChI is InChI=1S/C23H13ClF4O3/c24-18-10-15(25)7-6-14(18)12-30-16-8-9-17-19(11-16)31-22(23(26,27)28)20(21(17)29)13-4-2-1-3-5-13/h1-11H,12H2. The Morgan fingerprint density at radius 3 is 2.39 bits per heavy atom. The van der Waals surface area contributed by atoms with E-state index in [1.165, 1.54) is 54.6 Å². The highest BCUT2D eigenvalue weighted by Crippen LogP contribution is 2.37. The average molecular weight is 449 g/mol. The summed E-state index contributed by atoms with van der Waals surface area (Å²) in [6, 6.07) is 15.3. The Morgan fingerprint density at radius 2 is 1.71 bits per heavy atom. The van der Waals surface area contributed by atoms with Crippen molar-refractivity contribution in [3.8, 4) is 16.9 Å². The van der Waals surface area contributed by atoms with Crippen molar-refractivity contribution >= 4 is 22.6 Å². The van der Waals surface area contributed by atoms with Crippen LogP contribution in [0.15, 0.2) is 75.9 Å². The molecule has 3 aromatic carbocycles. The van der Waals surface area contributed by atoms with E-state index < -0.39 is 28.7 Å². The van der Waals surface area contributed by atoms with Gasteiger partial charge in [0.2, 0.25) is 11.2 Å². The third kappa shape index (κ3) is 4.27. The largest absolute Gasteiger partial charge is 0.489 e. The number of hydrogen-bond acceptors (Lipinski definition) is 3. The summed E-state index contributed by atoms with van der Waals surface area (Å²) < 4.78 is 64.9. The van der Waals surface area contributed by atoms with E-state index in [0.717, 1.165) is 6.07 Å². The van der Waals surface area contributed by atoms with E-state index in [4.69, 9.17) is 20.8 Å². The fourth-order valence-electron chi connectivity index (χ4n) is 3.13. The zero-order chi connectivity index (χ0) is 22.2. The Labute approximate surface area is 178 Å². The van der Waals surface area contributed by atoms with Crippen molar-refractivity contribution in [2.75, 3.05) is 0 Å². The maximum atomic E-state index is 13.7. The second-order valence-corrected chi connectivity index (χ2v) is 7.09. The van der Waals surface area contributed by atoms with Gasteiger partial charge in [-0.15, -0.1) is 0 Å². The highest BCUT2D eigenvalue weighted by Gasteiger charge is 2.39. The summed E-state index contributed by atoms with van der Waals surface area (Å²) in [5, 5.41) is 0.137. The number of halogens is 5. The molecule has 0 fully saturated rings. The van der Waals surface area contributed by atoms with E-state index in [2.05, 4.69) is 0 Å². The summed E-state index contributed by atoms with van der Waals surface area (Å²) >= 11 is 5.95. The van der Waals surface area contributed by atoms with E-state index in [1.807, 2.05) is 0 Å². The SMILES string of the molecule is O=c1c(-c2ccccc2)c(C(F)(F)F)oc2cc(OCc3ccc(F)cc3Cl)ccc12. The molecule has 0 amide bonds. The molecule has 0 atom stereocenters. The van der Waals surface area contributed by atoms with Crippen LogP contribution in [0.25, 0.3) is 22.1 Å². The lowest BCUT2D eigenvalue weighted by molar-refractivity contribution is -0.152. The molecule has 0 saturated heterocycles. The van der Waals surface area contributed by atoms with E-state index in [9.17, 15) is 22.4 Å². The predicted molar refractivity (Wildman–Crippen MR) is 109 cm³/mol. The zero-order valence-corrected chi connectivity index (χ0v) is 16.4. The Hall–Kier alpha value is -3.32. The van der Waals surface area contributed by atoms with Crippen LogP contribution < -0.4 is 10.2 Å². The predicted octanol–water partition coefficient (Wildman–Crippen LogP) is 6.85. The van der Waals surface area contributed by atoms with Gasteiger partial charge in [-0.25, -0.2) is 4.39 Å². The van der Waals surface area contributed by atoms with Crippen LogP contribution >= 0.6 is 11.6 Å². The maximum Gasteiger partial charge on any atom is 0.450 e. The van der Waals surface area contributed by atoms with Crippen molar-refractivity contribution in [3.63, 3.8) is 0 Å². The molecule has 1 heterocycles. The molecule has 1 aromatic heterocycles. The van der Waals surface area contributed by atoms with Gasteiger partial charge in [-0.3, -0.25) is 4.79 Å². The van der Waals surface area contributed by atoms with E-state index in [1.54, 1.807) is 6.07 Å². The van der Waals surface area contributed by atoms with Crippen molar-refractivity contribution in [1.82, 2.24) is 0 Å². The number of alkyl halides is 3. The molecular weight excluding hydrogens is 436 g/mol. The summed E-state index contributed by atoms with van der Waals surface area (Å²) in [6.07, 6.45) is -4.88. The quantitative estimate of drug-likeness (QED) is 0.320. The molecule has 3 nitrogen and oxygen atoms in total. The highest BCUT2D eigenvalue weighted by atomic mass is 35.5. The second kappa shape index (κ2) is 8.07. The summed E-state index contributed by atoms with van der Waals surface area (Å²) in [6.45, 7) is -0.0525. The first-order valence-corrected chi connectivity index (χ1v) is 9.42. The van der Waals surface area contributed by atoms with Crippen LogP contribution in [0.1, 0.15) is 11.3 Å². The molecule has 4 rings (SSSR count). The van der Waals surface area contributed by atoms with E-state index >= 15 is 0 Å². The molecule has 31 heavy (non-hydrogen) atoms. The first-order chi connectivity index (χ1) is 14.7. The van der Waals surface area contributed by atoms with Gasteiger partial charge in [-0.1, -0.05) is 48.0 Å². The number of hydrogen-bond donors (Lipinski definition) is 0. The van der Waals surface area contributed by atoms with E-state index in [-0.39, 0.29) is 33.9 Å². The van der Waals surface area contributed by atoms with Crippen molar-refractivity contribution in [2.24, 2.45) is 0 Å². The lowest BCUT2D eigenvalue weighted by atomic mass is 10.0. The average Bonchev–Trinajstić information content (AvgIpc) is 2.73. The molecule has 158 valence electrons. The van der Waals surface area contributed by atoms with E-state index in [0.29, 0.717) is 5.56 Å². The van der Waals surface area contributed by atoms with Crippen molar-refractivity contribution < 1.29 is 26.7 Å². The Kier molecular flexibility index (Phi) is 5.45. The molecule has 0 saturated carbocycles. The minimum Gasteiger partial charge on any atom is -0.489 e. The summed E-state index contributed by atoms with van der Waals surface area (Å²) in [5.41, 5.74) is -1.02. The van der Waals surface area contributed by atoms with Crippen LogP contribution in [0.4, 0.5) is 17.6 Å². The van der Waals surface area contributed by atoms with Gasteiger partial charge in [0.25, 0.3) is 0 Å². The smallest absolute Gasteiger partial charge is 0.450 e. The Morgan fingerprint density at radius 1 is 0.968 bits per heavy atom. The Bertz CT molecular complexity index is 1310. The normalized spacial score (nSPS) is 11.6. The number of ether oxygens (including phenoxy) is 1. The fourth-order valence-corrected chi connectivity index (χ4v) is 3.35. The maximum absolute atomic E-state index is 13.7. The van der Waals surface area contributed by atoms with Crippen LogP contribution in [-0.2, 0) is 12.8 Å². The molecule has 0 aliphatic carbocycles. The molecule has 0 unspecified atom stereocenters. The first-order valence-electron chi connectivity index (χ1n) is 9.04. The molecule has 0 spiro atoms. The Balaban J connectivity index is 1.77. The molecule has 0 radical (unpaired) electrons. The number of rotatable bonds is 4. The van der Waals surface area contributed by atoms with Gasteiger partial charge in [0.05, 0.1) is 16.0 Å². The van der Waals surface area contributed by atoms with Gasteiger partial charge in [-0.05, 0) is 29.8 Å². The van der Waals surface area contributed by atoms with Gasteiger partial charge in [-0.2, -0.15) is 13.2 Å². The van der Waals surface area contributed by atoms with Crippen molar-refractivity contribution in [1.29, 1.82) is 0 Å². The minimum absolute atomic E-state index is 0.0148. The topological polar surface area (TPSA) is 39.4 Å². The van der Waals surface area contributed by atoms with Crippen molar-refractivity contribution in [3.05, 3.63) is 99.1 Å². The molecule has 0 N–H and O–H groups in total. The third-order valence-corrected chi connectivity index (χ3v) is 4.95.